The van der Waals surface area contributed by atoms with Crippen molar-refractivity contribution in [1.82, 2.24) is 4.90 Å². The summed E-state index contributed by atoms with van der Waals surface area (Å²) in [6.45, 7) is -2.95. The molecule has 0 aliphatic rings. The van der Waals surface area contributed by atoms with E-state index < -0.39 is 12.6 Å². The minimum Gasteiger partial charge on any atom is -0.480 e. The van der Waals surface area contributed by atoms with Crippen molar-refractivity contribution in [3.63, 3.8) is 0 Å². The Balaban J connectivity index is 3.31. The molecule has 0 atom stereocenters. The normalized spacial score (nSPS) is 11.1. The van der Waals surface area contributed by atoms with Crippen molar-refractivity contribution in [2.24, 2.45) is 0 Å². The van der Waals surface area contributed by atoms with E-state index in [4.69, 9.17) is 5.11 Å². The van der Waals surface area contributed by atoms with Gasteiger partial charge >= 0.3 is 12.6 Å². The number of rotatable bonds is 6. The molecule has 0 saturated carbocycles. The van der Waals surface area contributed by atoms with E-state index in [1.807, 2.05) is 0 Å². The Labute approximate surface area is 68.7 Å². The molecule has 0 fully saturated rings. The molecule has 0 saturated heterocycles. The first-order valence-electron chi connectivity index (χ1n) is 3.32. The number of alkyl halides is 2. The second-order valence-electron chi connectivity index (χ2n) is 2.26. The third kappa shape index (κ3) is 7.36. The Hall–Kier alpha value is -0.750. The summed E-state index contributed by atoms with van der Waals surface area (Å²) in [6, 6.07) is 0. The van der Waals surface area contributed by atoms with Crippen LogP contribution in [-0.4, -0.2) is 49.3 Å². The first kappa shape index (κ1) is 11.2. The van der Waals surface area contributed by atoms with Crippen LogP contribution in [0, 0.1) is 0 Å². The van der Waals surface area contributed by atoms with Gasteiger partial charge in [0.25, 0.3) is 0 Å². The van der Waals surface area contributed by atoms with Gasteiger partial charge in [-0.1, -0.05) is 0 Å². The van der Waals surface area contributed by atoms with E-state index in [1.165, 1.54) is 11.9 Å². The monoisotopic (exact) mass is 183 g/mol. The third-order valence-corrected chi connectivity index (χ3v) is 1.12. The number of halogens is 2. The molecule has 6 heteroatoms. The van der Waals surface area contributed by atoms with Crippen LogP contribution >= 0.6 is 0 Å². The molecule has 72 valence electrons. The highest BCUT2D eigenvalue weighted by atomic mass is 19.3. The van der Waals surface area contributed by atoms with Crippen LogP contribution < -0.4 is 0 Å². The lowest BCUT2D eigenvalue weighted by Crippen LogP contribution is -2.29. The summed E-state index contributed by atoms with van der Waals surface area (Å²) >= 11 is 0. The molecule has 0 amide bonds. The highest BCUT2D eigenvalue weighted by Gasteiger charge is 2.05. The minimum atomic E-state index is -2.79. The maximum atomic E-state index is 11.4. The van der Waals surface area contributed by atoms with Gasteiger partial charge in [0.15, 0.2) is 0 Å². The van der Waals surface area contributed by atoms with Crippen LogP contribution in [0.5, 0.6) is 0 Å². The van der Waals surface area contributed by atoms with Crippen molar-refractivity contribution in [3.05, 3.63) is 0 Å². The smallest absolute Gasteiger partial charge is 0.345 e. The van der Waals surface area contributed by atoms with Gasteiger partial charge < -0.3 is 9.84 Å². The molecule has 0 aromatic heterocycles. The van der Waals surface area contributed by atoms with Gasteiger partial charge in [-0.3, -0.25) is 9.69 Å². The predicted octanol–water partition coefficient (Wildman–Crippen LogP) is 0.242. The van der Waals surface area contributed by atoms with Crippen molar-refractivity contribution < 1.29 is 23.4 Å². The topological polar surface area (TPSA) is 49.8 Å². The van der Waals surface area contributed by atoms with Gasteiger partial charge in [-0.05, 0) is 7.05 Å². The number of carboxylic acids is 1. The van der Waals surface area contributed by atoms with E-state index in [1.54, 1.807) is 0 Å². The number of carboxylic acid groups (broad SMARTS) is 1. The molecule has 0 rings (SSSR count). The summed E-state index contributed by atoms with van der Waals surface area (Å²) in [5.41, 5.74) is 0. The number of ether oxygens (including phenoxy) is 1. The summed E-state index contributed by atoms with van der Waals surface area (Å²) in [6.07, 6.45) is 0. The van der Waals surface area contributed by atoms with E-state index >= 15 is 0 Å². The SMILES string of the molecule is CN(CCOC(F)F)CC(=O)O. The molecular formula is C6H11F2NO3. The molecule has 0 aromatic rings. The van der Waals surface area contributed by atoms with Crippen molar-refractivity contribution in [2.75, 3.05) is 26.7 Å². The van der Waals surface area contributed by atoms with Gasteiger partial charge in [-0.2, -0.15) is 8.78 Å². The van der Waals surface area contributed by atoms with Crippen LogP contribution in [0.1, 0.15) is 0 Å². The summed E-state index contributed by atoms with van der Waals surface area (Å²) in [5.74, 6) is -0.991. The second-order valence-corrected chi connectivity index (χ2v) is 2.26. The van der Waals surface area contributed by atoms with E-state index in [9.17, 15) is 13.6 Å². The Bertz CT molecular complexity index is 143. The van der Waals surface area contributed by atoms with Crippen molar-refractivity contribution in [2.45, 2.75) is 6.61 Å². The molecule has 0 bridgehead atoms. The summed E-state index contributed by atoms with van der Waals surface area (Å²) < 4.78 is 26.7. The van der Waals surface area contributed by atoms with Gasteiger partial charge in [0.2, 0.25) is 0 Å². The van der Waals surface area contributed by atoms with E-state index in [2.05, 4.69) is 4.74 Å². The first-order valence-corrected chi connectivity index (χ1v) is 3.32. The minimum absolute atomic E-state index is 0.165. The lowest BCUT2D eigenvalue weighted by molar-refractivity contribution is -0.140. The van der Waals surface area contributed by atoms with Gasteiger partial charge in [-0.25, -0.2) is 0 Å². The number of carbonyl (C=O) groups is 1. The number of nitrogens with zero attached hydrogens (tertiary/aromatic N) is 1. The van der Waals surface area contributed by atoms with E-state index in [0.29, 0.717) is 0 Å². The molecule has 12 heavy (non-hydrogen) atoms. The Morgan fingerprint density at radius 1 is 1.67 bits per heavy atom. The fourth-order valence-electron chi connectivity index (χ4n) is 0.608. The molecular weight excluding hydrogens is 172 g/mol. The molecule has 4 nitrogen and oxygen atoms in total. The fraction of sp³-hybridized carbons (Fsp3) is 0.833. The molecule has 0 heterocycles. The van der Waals surface area contributed by atoms with Crippen molar-refractivity contribution >= 4 is 5.97 Å². The number of likely N-dealkylation sites (N-methyl/N-ethyl adjacent to an activating group) is 1. The molecule has 0 aliphatic carbocycles. The molecule has 1 N–H and O–H groups in total. The average molecular weight is 183 g/mol. The number of hydrogen-bond donors (Lipinski definition) is 1. The van der Waals surface area contributed by atoms with Crippen molar-refractivity contribution in [1.29, 1.82) is 0 Å². The van der Waals surface area contributed by atoms with Gasteiger partial charge in [-0.15, -0.1) is 0 Å². The Kier molecular flexibility index (Phi) is 5.48. The quantitative estimate of drug-likeness (QED) is 0.641. The van der Waals surface area contributed by atoms with Crippen molar-refractivity contribution in [3.8, 4) is 0 Å². The number of aliphatic carboxylic acids is 1. The third-order valence-electron chi connectivity index (χ3n) is 1.12. The maximum Gasteiger partial charge on any atom is 0.345 e. The standard InChI is InChI=1S/C6H11F2NO3/c1-9(4-5(10)11)2-3-12-6(7)8/h6H,2-4H2,1H3,(H,10,11). The lowest BCUT2D eigenvalue weighted by Gasteiger charge is -2.12. The molecule has 0 aromatic carbocycles. The van der Waals surface area contributed by atoms with Gasteiger partial charge in [0.05, 0.1) is 13.2 Å². The highest BCUT2D eigenvalue weighted by Crippen LogP contribution is 1.93. The van der Waals surface area contributed by atoms with Gasteiger partial charge in [0, 0.05) is 6.54 Å². The largest absolute Gasteiger partial charge is 0.480 e. The van der Waals surface area contributed by atoms with Crippen LogP contribution in [0.25, 0.3) is 0 Å². The highest BCUT2D eigenvalue weighted by molar-refractivity contribution is 5.68. The summed E-state index contributed by atoms with van der Waals surface area (Å²) in [4.78, 5) is 11.5. The summed E-state index contributed by atoms with van der Waals surface area (Å²) in [7, 11) is 1.52. The molecule has 0 spiro atoms. The zero-order chi connectivity index (χ0) is 9.56. The zero-order valence-corrected chi connectivity index (χ0v) is 6.67. The fourth-order valence-corrected chi connectivity index (χ4v) is 0.608. The lowest BCUT2D eigenvalue weighted by atomic mass is 10.5. The van der Waals surface area contributed by atoms with Crippen LogP contribution in [0.4, 0.5) is 8.78 Å². The second kappa shape index (κ2) is 5.84. The van der Waals surface area contributed by atoms with Gasteiger partial charge in [0.1, 0.15) is 0 Å². The summed E-state index contributed by atoms with van der Waals surface area (Å²) in [5, 5.41) is 8.26. The molecule has 0 aliphatic heterocycles. The Morgan fingerprint density at radius 3 is 2.67 bits per heavy atom. The average Bonchev–Trinajstić information content (AvgIpc) is 1.84. The van der Waals surface area contributed by atoms with E-state index in [0.717, 1.165) is 0 Å². The van der Waals surface area contributed by atoms with Crippen LogP contribution in [-0.2, 0) is 9.53 Å². The first-order chi connectivity index (χ1) is 5.52. The molecule has 0 unspecified atom stereocenters. The zero-order valence-electron chi connectivity index (χ0n) is 6.67. The van der Waals surface area contributed by atoms with Crippen LogP contribution in [0.15, 0.2) is 0 Å². The van der Waals surface area contributed by atoms with Crippen LogP contribution in [0.2, 0.25) is 0 Å². The van der Waals surface area contributed by atoms with E-state index in [-0.39, 0.29) is 19.7 Å². The number of hydrogen-bond acceptors (Lipinski definition) is 3. The Morgan fingerprint density at radius 2 is 2.25 bits per heavy atom. The molecule has 0 radical (unpaired) electrons. The van der Waals surface area contributed by atoms with Crippen LogP contribution in [0.3, 0.4) is 0 Å². The predicted molar refractivity (Wildman–Crippen MR) is 37.1 cm³/mol. The maximum absolute atomic E-state index is 11.4.